The van der Waals surface area contributed by atoms with Gasteiger partial charge in [-0.05, 0) is 43.1 Å². The fourth-order valence-electron chi connectivity index (χ4n) is 2.53. The van der Waals surface area contributed by atoms with E-state index < -0.39 is 0 Å². The van der Waals surface area contributed by atoms with Crippen molar-refractivity contribution in [1.82, 2.24) is 5.32 Å². The van der Waals surface area contributed by atoms with Crippen LogP contribution in [-0.2, 0) is 6.42 Å². The second-order valence-corrected chi connectivity index (χ2v) is 4.31. The Hall–Kier alpha value is -1.09. The number of benzene rings is 1. The normalized spacial score (nSPS) is 29.2. The largest absolute Gasteiger partial charge is 0.378 e. The van der Waals surface area contributed by atoms with Crippen molar-refractivity contribution >= 4 is 5.69 Å². The van der Waals surface area contributed by atoms with Gasteiger partial charge in [-0.25, -0.2) is 4.39 Å². The predicted octanol–water partition coefficient (Wildman–Crippen LogP) is 1.53. The summed E-state index contributed by atoms with van der Waals surface area (Å²) in [6.07, 6.45) is 2.08. The number of hydrogen-bond acceptors (Lipinski definition) is 2. The summed E-state index contributed by atoms with van der Waals surface area (Å²) in [7, 11) is 0. The number of fused-ring (bicyclic) bond motifs is 1. The highest BCUT2D eigenvalue weighted by Gasteiger charge is 2.39. The van der Waals surface area contributed by atoms with Gasteiger partial charge in [0.1, 0.15) is 5.82 Å². The minimum atomic E-state index is -0.131. The summed E-state index contributed by atoms with van der Waals surface area (Å²) >= 11 is 0. The highest BCUT2D eigenvalue weighted by molar-refractivity contribution is 5.59. The van der Waals surface area contributed by atoms with Gasteiger partial charge in [0.05, 0.1) is 5.54 Å². The van der Waals surface area contributed by atoms with Gasteiger partial charge in [0.15, 0.2) is 0 Å². The van der Waals surface area contributed by atoms with Gasteiger partial charge in [-0.1, -0.05) is 0 Å². The van der Waals surface area contributed by atoms with E-state index in [4.69, 9.17) is 0 Å². The molecule has 1 aromatic carbocycles. The fraction of sp³-hybridized carbons (Fsp3) is 0.455. The summed E-state index contributed by atoms with van der Waals surface area (Å²) in [5.41, 5.74) is 2.39. The van der Waals surface area contributed by atoms with Crippen LogP contribution in [0.5, 0.6) is 0 Å². The van der Waals surface area contributed by atoms with Crippen molar-refractivity contribution < 1.29 is 4.39 Å². The Morgan fingerprint density at radius 1 is 1.36 bits per heavy atom. The second-order valence-electron chi connectivity index (χ2n) is 4.31. The summed E-state index contributed by atoms with van der Waals surface area (Å²) in [6, 6.07) is 5.01. The first-order valence-electron chi connectivity index (χ1n) is 5.05. The number of rotatable bonds is 0. The topological polar surface area (TPSA) is 24.1 Å². The van der Waals surface area contributed by atoms with Gasteiger partial charge in [0.25, 0.3) is 0 Å². The van der Waals surface area contributed by atoms with Crippen LogP contribution in [0.15, 0.2) is 18.2 Å². The first kappa shape index (κ1) is 8.24. The first-order valence-corrected chi connectivity index (χ1v) is 5.05. The molecule has 0 aromatic heterocycles. The molecule has 1 aromatic rings. The Labute approximate surface area is 82.5 Å². The predicted molar refractivity (Wildman–Crippen MR) is 53.9 cm³/mol. The smallest absolute Gasteiger partial charge is 0.123 e. The molecule has 3 rings (SSSR count). The molecule has 0 aliphatic carbocycles. The highest BCUT2D eigenvalue weighted by atomic mass is 19.1. The third-order valence-corrected chi connectivity index (χ3v) is 3.24. The molecule has 1 saturated heterocycles. The molecule has 2 N–H and O–H groups in total. The minimum Gasteiger partial charge on any atom is -0.378 e. The third kappa shape index (κ3) is 1.12. The average molecular weight is 192 g/mol. The van der Waals surface area contributed by atoms with Crippen LogP contribution in [-0.4, -0.2) is 18.6 Å². The summed E-state index contributed by atoms with van der Waals surface area (Å²) in [6.45, 7) is 2.05. The molecule has 0 bridgehead atoms. The molecular formula is C11H13FN2. The monoisotopic (exact) mass is 192 g/mol. The first-order chi connectivity index (χ1) is 6.77. The lowest BCUT2D eigenvalue weighted by atomic mass is 9.94. The summed E-state index contributed by atoms with van der Waals surface area (Å²) in [4.78, 5) is 0. The van der Waals surface area contributed by atoms with Crippen LogP contribution in [0.3, 0.4) is 0 Å². The summed E-state index contributed by atoms with van der Waals surface area (Å²) in [5.74, 6) is -0.131. The lowest BCUT2D eigenvalue weighted by Crippen LogP contribution is -2.38. The zero-order valence-corrected chi connectivity index (χ0v) is 7.94. The van der Waals surface area contributed by atoms with Gasteiger partial charge in [-0.15, -0.1) is 0 Å². The number of halogens is 1. The number of anilines is 1. The van der Waals surface area contributed by atoms with Gasteiger partial charge in [-0.2, -0.15) is 0 Å². The van der Waals surface area contributed by atoms with Gasteiger partial charge < -0.3 is 10.6 Å². The van der Waals surface area contributed by atoms with E-state index in [1.807, 2.05) is 6.07 Å². The van der Waals surface area contributed by atoms with Crippen LogP contribution in [0, 0.1) is 5.82 Å². The molecule has 0 saturated carbocycles. The lowest BCUT2D eigenvalue weighted by Gasteiger charge is -2.22. The molecule has 1 unspecified atom stereocenters. The zero-order valence-electron chi connectivity index (χ0n) is 7.94. The van der Waals surface area contributed by atoms with E-state index in [9.17, 15) is 4.39 Å². The van der Waals surface area contributed by atoms with E-state index in [1.54, 1.807) is 6.07 Å². The van der Waals surface area contributed by atoms with Crippen LogP contribution < -0.4 is 10.6 Å². The molecule has 3 heteroatoms. The molecule has 1 atom stereocenters. The average Bonchev–Trinajstić information content (AvgIpc) is 2.72. The molecule has 2 nitrogen and oxygen atoms in total. The minimum absolute atomic E-state index is 0.131. The second kappa shape index (κ2) is 2.70. The van der Waals surface area contributed by atoms with Crippen LogP contribution in [0.25, 0.3) is 0 Å². The molecule has 2 aliphatic heterocycles. The van der Waals surface area contributed by atoms with Crippen molar-refractivity contribution in [1.29, 1.82) is 0 Å². The van der Waals surface area contributed by atoms with Gasteiger partial charge in [-0.3, -0.25) is 0 Å². The Balaban J connectivity index is 1.96. The van der Waals surface area contributed by atoms with Crippen LogP contribution in [0.1, 0.15) is 12.0 Å². The van der Waals surface area contributed by atoms with Crippen LogP contribution in [0.2, 0.25) is 0 Å². The molecule has 1 fully saturated rings. The van der Waals surface area contributed by atoms with Crippen molar-refractivity contribution in [3.63, 3.8) is 0 Å². The van der Waals surface area contributed by atoms with E-state index in [0.29, 0.717) is 0 Å². The maximum absolute atomic E-state index is 13.0. The molecular weight excluding hydrogens is 179 g/mol. The van der Waals surface area contributed by atoms with Crippen molar-refractivity contribution in [3.05, 3.63) is 29.6 Å². The molecule has 1 spiro atoms. The van der Waals surface area contributed by atoms with Crippen molar-refractivity contribution in [2.45, 2.75) is 18.4 Å². The molecule has 0 amide bonds. The molecule has 2 aliphatic rings. The van der Waals surface area contributed by atoms with Gasteiger partial charge in [0.2, 0.25) is 0 Å². The Morgan fingerprint density at radius 2 is 2.29 bits per heavy atom. The Morgan fingerprint density at radius 3 is 3.07 bits per heavy atom. The number of hydrogen-bond donors (Lipinski definition) is 2. The molecule has 74 valence electrons. The SMILES string of the molecule is Fc1ccc2c(c1)CC1(CCNC1)N2. The zero-order chi connectivity index (χ0) is 9.60. The van der Waals surface area contributed by atoms with Crippen molar-refractivity contribution in [3.8, 4) is 0 Å². The van der Waals surface area contributed by atoms with Crippen LogP contribution >= 0.6 is 0 Å². The standard InChI is InChI=1S/C11H13FN2/c12-9-1-2-10-8(5-9)6-11(14-10)3-4-13-7-11/h1-2,5,13-14H,3-4,6-7H2. The molecule has 14 heavy (non-hydrogen) atoms. The fourth-order valence-corrected chi connectivity index (χ4v) is 2.53. The van der Waals surface area contributed by atoms with E-state index in [-0.39, 0.29) is 11.4 Å². The third-order valence-electron chi connectivity index (χ3n) is 3.24. The Kier molecular flexibility index (Phi) is 1.59. The van der Waals surface area contributed by atoms with Crippen molar-refractivity contribution in [2.24, 2.45) is 0 Å². The summed E-state index contributed by atoms with van der Waals surface area (Å²) in [5, 5.41) is 6.86. The number of nitrogens with one attached hydrogen (secondary N) is 2. The van der Waals surface area contributed by atoms with E-state index >= 15 is 0 Å². The quantitative estimate of drug-likeness (QED) is 0.651. The maximum atomic E-state index is 13.0. The Bertz CT molecular complexity index is 370. The lowest BCUT2D eigenvalue weighted by molar-refractivity contribution is 0.532. The van der Waals surface area contributed by atoms with Crippen molar-refractivity contribution in [2.75, 3.05) is 18.4 Å². The maximum Gasteiger partial charge on any atom is 0.123 e. The molecule has 0 radical (unpaired) electrons. The van der Waals surface area contributed by atoms with E-state index in [1.165, 1.54) is 6.07 Å². The van der Waals surface area contributed by atoms with Gasteiger partial charge in [0, 0.05) is 12.2 Å². The highest BCUT2D eigenvalue weighted by Crippen LogP contribution is 2.36. The molecule has 2 heterocycles. The van der Waals surface area contributed by atoms with E-state index in [0.717, 1.165) is 37.2 Å². The van der Waals surface area contributed by atoms with E-state index in [2.05, 4.69) is 10.6 Å². The summed E-state index contributed by atoms with van der Waals surface area (Å²) < 4.78 is 13.0. The van der Waals surface area contributed by atoms with Crippen LogP contribution in [0.4, 0.5) is 10.1 Å². The van der Waals surface area contributed by atoms with Gasteiger partial charge >= 0.3 is 0 Å².